The van der Waals surface area contributed by atoms with Gasteiger partial charge >= 0.3 is 0 Å². The van der Waals surface area contributed by atoms with E-state index in [9.17, 15) is 8.42 Å². The van der Waals surface area contributed by atoms with Crippen LogP contribution in [0.15, 0.2) is 48.9 Å². The van der Waals surface area contributed by atoms with Gasteiger partial charge in [-0.2, -0.15) is 13.4 Å². The first-order chi connectivity index (χ1) is 12.9. The lowest BCUT2D eigenvalue weighted by atomic mass is 10.2. The molecule has 27 heavy (non-hydrogen) atoms. The summed E-state index contributed by atoms with van der Waals surface area (Å²) >= 11 is 0. The Bertz CT molecular complexity index is 1230. The second-order valence-electron chi connectivity index (χ2n) is 5.93. The number of rotatable bonds is 5. The lowest BCUT2D eigenvalue weighted by Gasteiger charge is -2.08. The van der Waals surface area contributed by atoms with Gasteiger partial charge in [0.1, 0.15) is 5.52 Å². The summed E-state index contributed by atoms with van der Waals surface area (Å²) in [4.78, 5) is 13.1. The highest BCUT2D eigenvalue weighted by Crippen LogP contribution is 2.24. The van der Waals surface area contributed by atoms with Gasteiger partial charge in [0.05, 0.1) is 25.2 Å². The quantitative estimate of drug-likeness (QED) is 0.539. The van der Waals surface area contributed by atoms with Crippen LogP contribution < -0.4 is 14.6 Å². The third-order valence-electron chi connectivity index (χ3n) is 4.06. The lowest BCUT2D eigenvalue weighted by Crippen LogP contribution is -2.21. The number of nitrogens with two attached hydrogens (primary N) is 1. The van der Waals surface area contributed by atoms with Crippen LogP contribution in [0.3, 0.4) is 0 Å². The molecule has 0 aliphatic carbocycles. The molecule has 0 aliphatic heterocycles. The summed E-state index contributed by atoms with van der Waals surface area (Å²) < 4.78 is 31.6. The van der Waals surface area contributed by atoms with Crippen molar-refractivity contribution in [1.82, 2.24) is 19.5 Å². The van der Waals surface area contributed by atoms with Crippen molar-refractivity contribution in [2.45, 2.75) is 6.54 Å². The zero-order valence-electron chi connectivity index (χ0n) is 14.3. The van der Waals surface area contributed by atoms with E-state index in [2.05, 4.69) is 19.7 Å². The van der Waals surface area contributed by atoms with E-state index in [1.807, 2.05) is 22.8 Å². The number of hydrogen-bond acceptors (Lipinski definition) is 6. The Kier molecular flexibility index (Phi) is 4.13. The topological polar surface area (TPSA) is 125 Å². The van der Waals surface area contributed by atoms with Crippen molar-refractivity contribution in [2.24, 2.45) is 5.14 Å². The Balaban J connectivity index is 1.70. The van der Waals surface area contributed by atoms with E-state index >= 15 is 0 Å². The number of aromatic nitrogens is 4. The molecular weight excluding hydrogens is 368 g/mol. The molecule has 1 aromatic carbocycles. The third kappa shape index (κ3) is 3.52. The summed E-state index contributed by atoms with van der Waals surface area (Å²) in [5.74, 6) is 0.498. The molecule has 0 saturated carbocycles. The second-order valence-corrected chi connectivity index (χ2v) is 7.23. The van der Waals surface area contributed by atoms with Gasteiger partial charge in [-0.1, -0.05) is 12.1 Å². The summed E-state index contributed by atoms with van der Waals surface area (Å²) in [6.45, 7) is 0.553. The number of nitrogens with one attached hydrogen (secondary N) is 1. The van der Waals surface area contributed by atoms with Crippen LogP contribution in [0.4, 0.5) is 5.69 Å². The fraction of sp³-hybridized carbons (Fsp3) is 0.118. The van der Waals surface area contributed by atoms with Crippen LogP contribution in [0.2, 0.25) is 0 Å². The van der Waals surface area contributed by atoms with Gasteiger partial charge in [-0.05, 0) is 23.8 Å². The zero-order chi connectivity index (χ0) is 19.0. The molecule has 3 heterocycles. The molecule has 0 amide bonds. The molecule has 0 atom stereocenters. The molecule has 0 spiro atoms. The normalized spacial score (nSPS) is 11.8. The number of benzene rings is 1. The molecule has 0 fully saturated rings. The molecular formula is C17H16N6O3S. The van der Waals surface area contributed by atoms with Gasteiger partial charge in [0.15, 0.2) is 5.65 Å². The number of nitrogens with zero attached hydrogens (tertiary/aromatic N) is 4. The second kappa shape index (κ2) is 6.49. The minimum Gasteiger partial charge on any atom is -0.481 e. The Hall–Kier alpha value is -3.24. The molecule has 10 heteroatoms. The molecule has 3 N–H and O–H groups in total. The Morgan fingerprint density at radius 1 is 1.15 bits per heavy atom. The van der Waals surface area contributed by atoms with E-state index in [4.69, 9.17) is 9.88 Å². The smallest absolute Gasteiger partial charge is 0.296 e. The number of ether oxygens (including phenoxy) is 1. The highest BCUT2D eigenvalue weighted by Gasteiger charge is 2.11. The number of anilines is 1. The summed E-state index contributed by atoms with van der Waals surface area (Å²) in [5, 5.41) is 5.85. The Labute approximate surface area is 155 Å². The summed E-state index contributed by atoms with van der Waals surface area (Å²) in [5.41, 5.74) is 3.64. The molecule has 9 nitrogen and oxygen atoms in total. The van der Waals surface area contributed by atoms with Crippen LogP contribution in [0.1, 0.15) is 5.56 Å². The molecule has 0 radical (unpaired) electrons. The number of imidazole rings is 1. The molecule has 138 valence electrons. The lowest BCUT2D eigenvalue weighted by molar-refractivity contribution is 0.399. The SMILES string of the molecule is COc1ccc2c(ncc3ncn(Cc4ccc(NS(N)(=O)=O)cc4)c32)n1. The molecule has 4 rings (SSSR count). The molecule has 0 aliphatic rings. The maximum absolute atomic E-state index is 11.1. The molecule has 0 bridgehead atoms. The predicted octanol–water partition coefficient (Wildman–Crippen LogP) is 1.65. The minimum atomic E-state index is -3.79. The van der Waals surface area contributed by atoms with Crippen LogP contribution in [-0.2, 0) is 16.8 Å². The molecule has 3 aromatic heterocycles. The van der Waals surface area contributed by atoms with Gasteiger partial charge in [-0.15, -0.1) is 0 Å². The van der Waals surface area contributed by atoms with Crippen molar-refractivity contribution in [3.05, 3.63) is 54.5 Å². The van der Waals surface area contributed by atoms with E-state index < -0.39 is 10.2 Å². The number of hydrogen-bond donors (Lipinski definition) is 2. The molecule has 0 unspecified atom stereocenters. The van der Waals surface area contributed by atoms with E-state index in [0.29, 0.717) is 23.8 Å². The first-order valence-corrected chi connectivity index (χ1v) is 9.51. The highest BCUT2D eigenvalue weighted by atomic mass is 32.2. The van der Waals surface area contributed by atoms with Crippen LogP contribution in [0.5, 0.6) is 5.88 Å². The fourth-order valence-electron chi connectivity index (χ4n) is 2.89. The average molecular weight is 384 g/mol. The van der Waals surface area contributed by atoms with Crippen molar-refractivity contribution in [1.29, 1.82) is 0 Å². The van der Waals surface area contributed by atoms with Gasteiger partial charge in [-0.3, -0.25) is 4.72 Å². The van der Waals surface area contributed by atoms with E-state index in [1.165, 1.54) is 0 Å². The van der Waals surface area contributed by atoms with Crippen molar-refractivity contribution in [3.63, 3.8) is 0 Å². The maximum Gasteiger partial charge on any atom is 0.296 e. The van der Waals surface area contributed by atoms with E-state index in [-0.39, 0.29) is 0 Å². The summed E-state index contributed by atoms with van der Waals surface area (Å²) in [6, 6.07) is 10.7. The van der Waals surface area contributed by atoms with Crippen LogP contribution in [0.25, 0.3) is 22.1 Å². The first kappa shape index (κ1) is 17.2. The molecule has 4 aromatic rings. The van der Waals surface area contributed by atoms with Crippen LogP contribution >= 0.6 is 0 Å². The van der Waals surface area contributed by atoms with Crippen molar-refractivity contribution in [3.8, 4) is 5.88 Å². The van der Waals surface area contributed by atoms with Crippen molar-refractivity contribution < 1.29 is 13.2 Å². The number of fused-ring (bicyclic) bond motifs is 3. The fourth-order valence-corrected chi connectivity index (χ4v) is 3.36. The highest BCUT2D eigenvalue weighted by molar-refractivity contribution is 7.90. The van der Waals surface area contributed by atoms with Gasteiger partial charge in [-0.25, -0.2) is 15.1 Å². The van der Waals surface area contributed by atoms with Gasteiger partial charge < -0.3 is 9.30 Å². The van der Waals surface area contributed by atoms with Crippen LogP contribution in [-0.4, -0.2) is 35.0 Å². The number of methoxy groups -OCH3 is 1. The van der Waals surface area contributed by atoms with Gasteiger partial charge in [0, 0.05) is 23.7 Å². The summed E-state index contributed by atoms with van der Waals surface area (Å²) in [6.07, 6.45) is 3.42. The van der Waals surface area contributed by atoms with E-state index in [0.717, 1.165) is 22.0 Å². The van der Waals surface area contributed by atoms with Crippen molar-refractivity contribution >= 4 is 38.0 Å². The number of pyridine rings is 2. The Morgan fingerprint density at radius 2 is 1.93 bits per heavy atom. The standard InChI is InChI=1S/C17H16N6O3S/c1-26-15-7-6-13-16-14(8-19-17(13)21-15)20-10-23(16)9-11-2-4-12(5-3-11)22-27(18,24)25/h2-8,10,22H,9H2,1H3,(H2,18,24,25). The third-order valence-corrected chi connectivity index (χ3v) is 4.58. The Morgan fingerprint density at radius 3 is 2.63 bits per heavy atom. The van der Waals surface area contributed by atoms with Crippen LogP contribution in [0, 0.1) is 0 Å². The zero-order valence-corrected chi connectivity index (χ0v) is 15.1. The monoisotopic (exact) mass is 384 g/mol. The first-order valence-electron chi connectivity index (χ1n) is 7.97. The largest absolute Gasteiger partial charge is 0.481 e. The average Bonchev–Trinajstić information content (AvgIpc) is 3.05. The summed E-state index contributed by atoms with van der Waals surface area (Å²) in [7, 11) is -2.23. The van der Waals surface area contributed by atoms with Crippen molar-refractivity contribution in [2.75, 3.05) is 11.8 Å². The predicted molar refractivity (Wildman–Crippen MR) is 102 cm³/mol. The van der Waals surface area contributed by atoms with Gasteiger partial charge in [0.25, 0.3) is 10.2 Å². The minimum absolute atomic E-state index is 0.405. The molecule has 0 saturated heterocycles. The van der Waals surface area contributed by atoms with Gasteiger partial charge in [0.2, 0.25) is 5.88 Å². The van der Waals surface area contributed by atoms with E-state index in [1.54, 1.807) is 37.8 Å². The maximum atomic E-state index is 11.1.